The summed E-state index contributed by atoms with van der Waals surface area (Å²) in [6.45, 7) is 0. The van der Waals surface area contributed by atoms with Gasteiger partial charge in [0.1, 0.15) is 11.6 Å². The lowest BCUT2D eigenvalue weighted by molar-refractivity contribution is 0.629. The summed E-state index contributed by atoms with van der Waals surface area (Å²) in [6.07, 6.45) is 0.810. The van der Waals surface area contributed by atoms with Gasteiger partial charge in [0.2, 0.25) is 0 Å². The Kier molecular flexibility index (Phi) is 3.64. The molecule has 0 N–H and O–H groups in total. The molecule has 2 heteroatoms. The van der Waals surface area contributed by atoms with Gasteiger partial charge in [0.25, 0.3) is 0 Å². The van der Waals surface area contributed by atoms with Crippen LogP contribution in [0, 0.1) is 11.6 Å². The number of benzene rings is 4. The molecule has 0 heterocycles. The van der Waals surface area contributed by atoms with Gasteiger partial charge in [0.05, 0.1) is 0 Å². The van der Waals surface area contributed by atoms with E-state index in [-0.39, 0.29) is 11.6 Å². The molecular weight excluding hydrogens is 338 g/mol. The first-order chi connectivity index (χ1) is 13.2. The van der Waals surface area contributed by atoms with Crippen LogP contribution in [0.3, 0.4) is 0 Å². The van der Waals surface area contributed by atoms with E-state index in [0.29, 0.717) is 16.7 Å². The zero-order valence-electron chi connectivity index (χ0n) is 14.5. The lowest BCUT2D eigenvalue weighted by atomic mass is 9.89. The first kappa shape index (κ1) is 16.0. The van der Waals surface area contributed by atoms with Gasteiger partial charge in [-0.05, 0) is 64.1 Å². The summed E-state index contributed by atoms with van der Waals surface area (Å²) in [7, 11) is 0. The molecule has 5 rings (SSSR count). The van der Waals surface area contributed by atoms with Crippen LogP contribution >= 0.6 is 0 Å². The highest BCUT2D eigenvalue weighted by Crippen LogP contribution is 2.44. The van der Waals surface area contributed by atoms with Crippen molar-refractivity contribution in [2.24, 2.45) is 0 Å². The fraction of sp³-hybridized carbons (Fsp3) is 0.0400. The molecule has 4 aromatic carbocycles. The van der Waals surface area contributed by atoms with E-state index in [1.807, 2.05) is 36.4 Å². The zero-order chi connectivity index (χ0) is 18.4. The van der Waals surface area contributed by atoms with Crippen LogP contribution in [0.5, 0.6) is 0 Å². The van der Waals surface area contributed by atoms with Crippen molar-refractivity contribution >= 4 is 0 Å². The highest BCUT2D eigenvalue weighted by atomic mass is 19.1. The van der Waals surface area contributed by atoms with Crippen LogP contribution in [0.1, 0.15) is 11.1 Å². The van der Waals surface area contributed by atoms with Crippen LogP contribution in [-0.2, 0) is 6.42 Å². The van der Waals surface area contributed by atoms with Gasteiger partial charge in [0, 0.05) is 11.1 Å². The third-order valence-electron chi connectivity index (χ3n) is 5.26. The van der Waals surface area contributed by atoms with Crippen molar-refractivity contribution in [3.63, 3.8) is 0 Å². The van der Waals surface area contributed by atoms with Gasteiger partial charge in [0.15, 0.2) is 0 Å². The molecule has 0 aliphatic heterocycles. The van der Waals surface area contributed by atoms with Crippen LogP contribution < -0.4 is 0 Å². The van der Waals surface area contributed by atoms with Gasteiger partial charge >= 0.3 is 0 Å². The van der Waals surface area contributed by atoms with E-state index < -0.39 is 0 Å². The van der Waals surface area contributed by atoms with Gasteiger partial charge in [-0.15, -0.1) is 0 Å². The number of hydrogen-bond donors (Lipinski definition) is 0. The SMILES string of the molecule is Fc1ccccc1-c1cc2c(cc1-c1ccccc1F)-c1ccccc1C2. The molecule has 0 saturated carbocycles. The van der Waals surface area contributed by atoms with Crippen molar-refractivity contribution in [1.82, 2.24) is 0 Å². The van der Waals surface area contributed by atoms with Crippen molar-refractivity contribution < 1.29 is 8.78 Å². The zero-order valence-corrected chi connectivity index (χ0v) is 14.5. The fourth-order valence-electron chi connectivity index (χ4n) is 3.99. The molecule has 0 atom stereocenters. The van der Waals surface area contributed by atoms with Gasteiger partial charge in [-0.1, -0.05) is 60.7 Å². The van der Waals surface area contributed by atoms with E-state index >= 15 is 0 Å². The standard InChI is InChI=1S/C25H16F2/c26-24-11-5-3-9-19(24)22-14-17-13-16-7-1-2-8-18(16)21(17)15-23(22)20-10-4-6-12-25(20)27/h1-12,14-15H,13H2. The summed E-state index contributed by atoms with van der Waals surface area (Å²) >= 11 is 0. The van der Waals surface area contributed by atoms with Crippen LogP contribution in [0.2, 0.25) is 0 Å². The Bertz CT molecular complexity index is 1170. The van der Waals surface area contributed by atoms with Crippen LogP contribution in [0.4, 0.5) is 8.78 Å². The molecule has 0 bridgehead atoms. The number of fused-ring (bicyclic) bond motifs is 3. The summed E-state index contributed by atoms with van der Waals surface area (Å²) in [5.41, 5.74) is 7.09. The monoisotopic (exact) mass is 354 g/mol. The minimum Gasteiger partial charge on any atom is -0.206 e. The average Bonchev–Trinajstić information content (AvgIpc) is 3.05. The Balaban J connectivity index is 1.83. The fourth-order valence-corrected chi connectivity index (χ4v) is 3.99. The largest absolute Gasteiger partial charge is 0.206 e. The van der Waals surface area contributed by atoms with E-state index in [1.165, 1.54) is 23.3 Å². The van der Waals surface area contributed by atoms with Crippen LogP contribution in [0.15, 0.2) is 84.9 Å². The summed E-state index contributed by atoms with van der Waals surface area (Å²) in [5, 5.41) is 0. The summed E-state index contributed by atoms with van der Waals surface area (Å²) < 4.78 is 29.2. The second-order valence-corrected chi connectivity index (χ2v) is 6.85. The molecular formula is C25H16F2. The van der Waals surface area contributed by atoms with Crippen molar-refractivity contribution in [3.05, 3.63) is 108 Å². The van der Waals surface area contributed by atoms with Gasteiger partial charge < -0.3 is 0 Å². The lowest BCUT2D eigenvalue weighted by Crippen LogP contribution is -1.94. The van der Waals surface area contributed by atoms with Crippen LogP contribution in [-0.4, -0.2) is 0 Å². The maximum Gasteiger partial charge on any atom is 0.131 e. The molecule has 1 aliphatic carbocycles. The van der Waals surface area contributed by atoms with Gasteiger partial charge in [-0.25, -0.2) is 8.78 Å². The first-order valence-electron chi connectivity index (χ1n) is 8.97. The third kappa shape index (κ3) is 2.57. The number of halogens is 2. The first-order valence-corrected chi connectivity index (χ1v) is 8.97. The molecule has 0 spiro atoms. The minimum atomic E-state index is -0.304. The Morgan fingerprint density at radius 1 is 0.444 bits per heavy atom. The van der Waals surface area contributed by atoms with Crippen molar-refractivity contribution in [2.75, 3.05) is 0 Å². The average molecular weight is 354 g/mol. The molecule has 0 fully saturated rings. The normalized spacial score (nSPS) is 11.9. The van der Waals surface area contributed by atoms with E-state index in [1.54, 1.807) is 24.3 Å². The maximum atomic E-state index is 14.6. The Morgan fingerprint density at radius 2 is 0.963 bits per heavy atom. The quantitative estimate of drug-likeness (QED) is 0.324. The molecule has 0 amide bonds. The predicted octanol–water partition coefficient (Wildman–Crippen LogP) is 6.87. The van der Waals surface area contributed by atoms with E-state index in [2.05, 4.69) is 12.1 Å². The Hall–Kier alpha value is -3.26. The molecule has 4 aromatic rings. The van der Waals surface area contributed by atoms with E-state index in [0.717, 1.165) is 23.1 Å². The van der Waals surface area contributed by atoms with E-state index in [4.69, 9.17) is 0 Å². The van der Waals surface area contributed by atoms with Gasteiger partial charge in [-0.3, -0.25) is 0 Å². The molecule has 0 aromatic heterocycles. The van der Waals surface area contributed by atoms with E-state index in [9.17, 15) is 8.78 Å². The smallest absolute Gasteiger partial charge is 0.131 e. The molecule has 130 valence electrons. The molecule has 0 unspecified atom stereocenters. The van der Waals surface area contributed by atoms with Crippen molar-refractivity contribution in [1.29, 1.82) is 0 Å². The summed E-state index contributed by atoms with van der Waals surface area (Å²) in [6, 6.07) is 25.6. The van der Waals surface area contributed by atoms with Crippen molar-refractivity contribution in [3.8, 4) is 33.4 Å². The summed E-state index contributed by atoms with van der Waals surface area (Å²) in [4.78, 5) is 0. The van der Waals surface area contributed by atoms with Crippen LogP contribution in [0.25, 0.3) is 33.4 Å². The highest BCUT2D eigenvalue weighted by molar-refractivity contribution is 5.91. The second kappa shape index (κ2) is 6.17. The topological polar surface area (TPSA) is 0 Å². The Morgan fingerprint density at radius 3 is 1.59 bits per heavy atom. The highest BCUT2D eigenvalue weighted by Gasteiger charge is 2.23. The number of hydrogen-bond acceptors (Lipinski definition) is 0. The summed E-state index contributed by atoms with van der Waals surface area (Å²) in [5.74, 6) is -0.605. The Labute approximate surface area is 156 Å². The second-order valence-electron chi connectivity index (χ2n) is 6.85. The lowest BCUT2D eigenvalue weighted by Gasteiger charge is -2.15. The molecule has 0 radical (unpaired) electrons. The molecule has 27 heavy (non-hydrogen) atoms. The van der Waals surface area contributed by atoms with Gasteiger partial charge in [-0.2, -0.15) is 0 Å². The minimum absolute atomic E-state index is 0.300. The molecule has 1 aliphatic rings. The molecule has 0 saturated heterocycles. The third-order valence-corrected chi connectivity index (χ3v) is 5.26. The number of rotatable bonds is 2. The predicted molar refractivity (Wildman–Crippen MR) is 105 cm³/mol. The van der Waals surface area contributed by atoms with Crippen molar-refractivity contribution in [2.45, 2.75) is 6.42 Å². The molecule has 0 nitrogen and oxygen atoms in total. The maximum absolute atomic E-state index is 14.6.